The Kier molecular flexibility index (Phi) is 13.7. The van der Waals surface area contributed by atoms with Crippen molar-refractivity contribution < 1.29 is 24.3 Å². The number of carboxylic acid groups (broad SMARTS) is 1. The lowest BCUT2D eigenvalue weighted by molar-refractivity contribution is -0.142. The molecule has 4 unspecified atom stereocenters. The predicted octanol–water partition coefficient (Wildman–Crippen LogP) is -0.0193. The molecule has 3 amide bonds. The third-order valence-corrected chi connectivity index (χ3v) is 6.34. The number of nitrogens with zero attached hydrogens (tertiary/aromatic N) is 1. The highest BCUT2D eigenvalue weighted by atomic mass is 32.2. The van der Waals surface area contributed by atoms with Crippen molar-refractivity contribution in [2.45, 2.75) is 57.3 Å². The Hall–Kier alpha value is -2.25. The van der Waals surface area contributed by atoms with Gasteiger partial charge in [-0.05, 0) is 42.8 Å². The third-order valence-electron chi connectivity index (χ3n) is 5.05. The maximum atomic E-state index is 13.1. The van der Waals surface area contributed by atoms with Crippen LogP contribution in [0.4, 0.5) is 0 Å². The zero-order chi connectivity index (χ0) is 25.7. The topological polar surface area (TPSA) is 179 Å². The Morgan fingerprint density at radius 1 is 1.00 bits per heavy atom. The number of nitrogens with one attached hydrogen (secondary N) is 4. The zero-order valence-electron chi connectivity index (χ0n) is 20.0. The first kappa shape index (κ1) is 29.8. The number of aromatic nitrogens is 2. The van der Waals surface area contributed by atoms with Crippen LogP contribution in [0.2, 0.25) is 0 Å². The number of aliphatic carboxylic acids is 1. The highest BCUT2D eigenvalue weighted by Gasteiger charge is 2.32. The molecule has 11 nitrogen and oxygen atoms in total. The summed E-state index contributed by atoms with van der Waals surface area (Å²) in [4.78, 5) is 56.9. The molecule has 34 heavy (non-hydrogen) atoms. The molecule has 0 aliphatic heterocycles. The molecule has 1 aromatic rings. The number of amides is 3. The summed E-state index contributed by atoms with van der Waals surface area (Å²) in [5.74, 6) is -1.81. The minimum absolute atomic E-state index is 0.0679. The van der Waals surface area contributed by atoms with Gasteiger partial charge in [0.1, 0.15) is 18.1 Å². The largest absolute Gasteiger partial charge is 0.480 e. The van der Waals surface area contributed by atoms with E-state index in [1.54, 1.807) is 25.6 Å². The molecule has 1 rings (SSSR count). The number of hydrogen-bond donors (Lipinski definition) is 6. The first-order valence-corrected chi connectivity index (χ1v) is 13.7. The Morgan fingerprint density at radius 2 is 1.62 bits per heavy atom. The number of rotatable bonds is 16. The van der Waals surface area contributed by atoms with Crippen LogP contribution in [0.25, 0.3) is 0 Å². The van der Waals surface area contributed by atoms with E-state index in [4.69, 9.17) is 5.73 Å². The fraction of sp³-hybridized carbons (Fsp3) is 0.667. The van der Waals surface area contributed by atoms with Crippen LogP contribution in [0.5, 0.6) is 0 Å². The molecule has 4 atom stereocenters. The summed E-state index contributed by atoms with van der Waals surface area (Å²) in [5, 5.41) is 17.3. The molecule has 0 saturated heterocycles. The number of carbonyl (C=O) groups is 4. The van der Waals surface area contributed by atoms with E-state index in [0.717, 1.165) is 0 Å². The normalized spacial score (nSPS) is 14.6. The van der Waals surface area contributed by atoms with Crippen molar-refractivity contribution in [3.05, 3.63) is 18.2 Å². The lowest BCUT2D eigenvalue weighted by Gasteiger charge is -2.27. The van der Waals surface area contributed by atoms with Gasteiger partial charge in [-0.2, -0.15) is 23.5 Å². The van der Waals surface area contributed by atoms with Crippen molar-refractivity contribution >= 4 is 47.2 Å². The number of H-pyrrole nitrogens is 1. The van der Waals surface area contributed by atoms with Gasteiger partial charge in [-0.3, -0.25) is 14.4 Å². The van der Waals surface area contributed by atoms with Crippen LogP contribution in [-0.2, 0) is 25.6 Å². The van der Waals surface area contributed by atoms with E-state index in [1.165, 1.54) is 24.3 Å². The second-order valence-corrected chi connectivity index (χ2v) is 10.1. The Morgan fingerprint density at radius 3 is 2.15 bits per heavy atom. The fourth-order valence-corrected chi connectivity index (χ4v) is 3.98. The van der Waals surface area contributed by atoms with Gasteiger partial charge < -0.3 is 31.8 Å². The molecule has 0 aromatic carbocycles. The van der Waals surface area contributed by atoms with Gasteiger partial charge in [-0.1, -0.05) is 13.8 Å². The van der Waals surface area contributed by atoms with Crippen molar-refractivity contribution in [2.24, 2.45) is 11.7 Å². The monoisotopic (exact) mass is 516 g/mol. The molecule has 192 valence electrons. The molecular weight excluding hydrogens is 480 g/mol. The van der Waals surface area contributed by atoms with Gasteiger partial charge in [0.15, 0.2) is 0 Å². The van der Waals surface area contributed by atoms with Crippen molar-refractivity contribution in [1.29, 1.82) is 0 Å². The molecule has 0 aliphatic rings. The van der Waals surface area contributed by atoms with Gasteiger partial charge in [0.05, 0.1) is 12.4 Å². The van der Waals surface area contributed by atoms with Gasteiger partial charge in [0, 0.05) is 18.3 Å². The number of aromatic amines is 1. The fourth-order valence-electron chi connectivity index (χ4n) is 3.02. The number of thioether (sulfide) groups is 2. The van der Waals surface area contributed by atoms with Gasteiger partial charge in [0.2, 0.25) is 17.7 Å². The van der Waals surface area contributed by atoms with E-state index >= 15 is 0 Å². The molecular formula is C21H36N6O5S2. The zero-order valence-corrected chi connectivity index (χ0v) is 21.6. The summed E-state index contributed by atoms with van der Waals surface area (Å²) in [7, 11) is 0. The van der Waals surface area contributed by atoms with Crippen molar-refractivity contribution in [2.75, 3.05) is 24.0 Å². The summed E-state index contributed by atoms with van der Waals surface area (Å²) in [6, 6.07) is -3.83. The standard InChI is InChI=1S/C21H36N6O5S2/c1-12(2)17(27-18(28)14(22)5-7-33-3)20(30)26-16(9-13-10-23-11-24-13)19(29)25-15(21(31)32)6-8-34-4/h10-12,14-17H,5-9,22H2,1-4H3,(H,23,24)(H,25,29)(H,26,30)(H,27,28)(H,31,32). The molecule has 0 bridgehead atoms. The second kappa shape index (κ2) is 15.6. The van der Waals surface area contributed by atoms with E-state index in [2.05, 4.69) is 25.9 Å². The number of imidazole rings is 1. The maximum Gasteiger partial charge on any atom is 0.326 e. The van der Waals surface area contributed by atoms with Gasteiger partial charge >= 0.3 is 5.97 Å². The molecule has 7 N–H and O–H groups in total. The minimum atomic E-state index is -1.15. The van der Waals surface area contributed by atoms with Crippen LogP contribution < -0.4 is 21.7 Å². The number of hydrogen-bond acceptors (Lipinski definition) is 8. The lowest BCUT2D eigenvalue weighted by Crippen LogP contribution is -2.59. The van der Waals surface area contributed by atoms with Crippen LogP contribution in [-0.4, -0.2) is 86.9 Å². The summed E-state index contributed by atoms with van der Waals surface area (Å²) in [5.41, 5.74) is 6.51. The smallest absolute Gasteiger partial charge is 0.326 e. The van der Waals surface area contributed by atoms with Gasteiger partial charge in [-0.25, -0.2) is 9.78 Å². The molecule has 1 heterocycles. The highest BCUT2D eigenvalue weighted by Crippen LogP contribution is 2.08. The third kappa shape index (κ3) is 10.3. The second-order valence-electron chi connectivity index (χ2n) is 8.14. The molecule has 0 fully saturated rings. The minimum Gasteiger partial charge on any atom is -0.480 e. The summed E-state index contributed by atoms with van der Waals surface area (Å²) in [6.07, 6.45) is 7.49. The van der Waals surface area contributed by atoms with Crippen LogP contribution >= 0.6 is 23.5 Å². The van der Waals surface area contributed by atoms with Crippen LogP contribution in [0.1, 0.15) is 32.4 Å². The van der Waals surface area contributed by atoms with E-state index in [0.29, 0.717) is 23.6 Å². The first-order valence-electron chi connectivity index (χ1n) is 10.9. The van der Waals surface area contributed by atoms with E-state index in [9.17, 15) is 24.3 Å². The van der Waals surface area contributed by atoms with Crippen LogP contribution in [0.15, 0.2) is 12.5 Å². The van der Waals surface area contributed by atoms with E-state index in [1.807, 2.05) is 12.5 Å². The summed E-state index contributed by atoms with van der Waals surface area (Å²) in [6.45, 7) is 3.54. The molecule has 13 heteroatoms. The number of carboxylic acids is 1. The van der Waals surface area contributed by atoms with Gasteiger partial charge in [-0.15, -0.1) is 0 Å². The van der Waals surface area contributed by atoms with Crippen molar-refractivity contribution in [3.63, 3.8) is 0 Å². The van der Waals surface area contributed by atoms with Crippen molar-refractivity contribution in [1.82, 2.24) is 25.9 Å². The number of carbonyl (C=O) groups excluding carboxylic acids is 3. The molecule has 0 aliphatic carbocycles. The van der Waals surface area contributed by atoms with E-state index < -0.39 is 47.9 Å². The average Bonchev–Trinajstić information content (AvgIpc) is 3.30. The quantitative estimate of drug-likeness (QED) is 0.176. The number of nitrogens with two attached hydrogens (primary N) is 1. The van der Waals surface area contributed by atoms with E-state index in [-0.39, 0.29) is 18.8 Å². The van der Waals surface area contributed by atoms with Crippen LogP contribution in [0.3, 0.4) is 0 Å². The maximum absolute atomic E-state index is 13.1. The summed E-state index contributed by atoms with van der Waals surface area (Å²) >= 11 is 3.04. The van der Waals surface area contributed by atoms with Crippen molar-refractivity contribution in [3.8, 4) is 0 Å². The highest BCUT2D eigenvalue weighted by molar-refractivity contribution is 7.98. The summed E-state index contributed by atoms with van der Waals surface area (Å²) < 4.78 is 0. The molecule has 0 saturated carbocycles. The Labute approximate surface area is 208 Å². The first-order chi connectivity index (χ1) is 16.1. The SMILES string of the molecule is CSCCC(N)C(=O)NC(C(=O)NC(Cc1cnc[nH]1)C(=O)NC(CCSC)C(=O)O)C(C)C. The molecule has 0 radical (unpaired) electrons. The van der Waals surface area contributed by atoms with Crippen LogP contribution in [0, 0.1) is 5.92 Å². The molecule has 1 aromatic heterocycles. The predicted molar refractivity (Wildman–Crippen MR) is 135 cm³/mol. The Balaban J connectivity index is 2.98. The Bertz CT molecular complexity index is 793. The molecule has 0 spiro atoms. The van der Waals surface area contributed by atoms with Gasteiger partial charge in [0.25, 0.3) is 0 Å². The average molecular weight is 517 g/mol. The lowest BCUT2D eigenvalue weighted by atomic mass is 10.0.